The number of carbonyl (C=O) groups is 3. The quantitative estimate of drug-likeness (QED) is 0.633. The molecule has 1 aliphatic rings. The molecule has 0 bridgehead atoms. The molecule has 0 saturated carbocycles. The summed E-state index contributed by atoms with van der Waals surface area (Å²) in [6.45, 7) is 1.87. The number of anilines is 1. The molecule has 7 nitrogen and oxygen atoms in total. The van der Waals surface area contributed by atoms with Crippen LogP contribution in [0.4, 0.5) is 10.5 Å². The molecule has 2 aromatic carbocycles. The summed E-state index contributed by atoms with van der Waals surface area (Å²) in [5, 5.41) is 2.46. The van der Waals surface area contributed by atoms with Crippen LogP contribution in [-0.2, 0) is 9.59 Å². The zero-order chi connectivity index (χ0) is 21.7. The van der Waals surface area contributed by atoms with E-state index >= 15 is 0 Å². The maximum Gasteiger partial charge on any atom is 0.294 e. The van der Waals surface area contributed by atoms with E-state index in [-0.39, 0.29) is 11.4 Å². The Hall–Kier alpha value is -2.97. The molecular weight excluding hydrogens is 428 g/mol. The Kier molecular flexibility index (Phi) is 7.02. The normalized spacial score (nSPS) is 14.9. The van der Waals surface area contributed by atoms with Gasteiger partial charge in [-0.05, 0) is 54.6 Å². The van der Waals surface area contributed by atoms with Crippen molar-refractivity contribution >= 4 is 52.2 Å². The Morgan fingerprint density at radius 2 is 1.97 bits per heavy atom. The fraction of sp³-hybridized carbons (Fsp3) is 0.190. The lowest BCUT2D eigenvalue weighted by atomic mass is 10.1. The van der Waals surface area contributed by atoms with Gasteiger partial charge in [0.15, 0.2) is 11.5 Å². The van der Waals surface area contributed by atoms with Gasteiger partial charge in [0, 0.05) is 5.69 Å². The molecule has 0 atom stereocenters. The molecule has 9 heteroatoms. The summed E-state index contributed by atoms with van der Waals surface area (Å²) in [5.74, 6) is -0.186. The summed E-state index contributed by atoms with van der Waals surface area (Å²) in [5.41, 5.74) is 1.15. The number of amides is 3. The van der Waals surface area contributed by atoms with Gasteiger partial charge in [0.1, 0.15) is 6.54 Å². The summed E-state index contributed by atoms with van der Waals surface area (Å²) in [6.07, 6.45) is 1.53. The van der Waals surface area contributed by atoms with Crippen LogP contribution in [-0.4, -0.2) is 42.2 Å². The van der Waals surface area contributed by atoms with Crippen LogP contribution in [0.1, 0.15) is 12.5 Å². The van der Waals surface area contributed by atoms with Gasteiger partial charge in [0.25, 0.3) is 11.1 Å². The Morgan fingerprint density at radius 1 is 1.23 bits per heavy atom. The molecular formula is C21H19ClN2O5S. The molecule has 0 aliphatic carbocycles. The Labute approximate surface area is 183 Å². The number of hydrogen-bond acceptors (Lipinski definition) is 6. The van der Waals surface area contributed by atoms with Crippen LogP contribution >= 0.6 is 23.4 Å². The third kappa shape index (κ3) is 4.95. The molecule has 0 radical (unpaired) electrons. The number of ether oxygens (including phenoxy) is 2. The minimum absolute atomic E-state index is 0.190. The van der Waals surface area contributed by atoms with Gasteiger partial charge in [-0.1, -0.05) is 29.8 Å². The molecule has 0 aromatic heterocycles. The Bertz CT molecular complexity index is 1010. The van der Waals surface area contributed by atoms with E-state index < -0.39 is 17.1 Å². The Morgan fingerprint density at radius 3 is 2.63 bits per heavy atom. The summed E-state index contributed by atoms with van der Waals surface area (Å²) in [4.78, 5) is 38.3. The molecule has 2 aromatic rings. The van der Waals surface area contributed by atoms with Crippen LogP contribution in [0.5, 0.6) is 11.5 Å². The molecule has 1 aliphatic heterocycles. The second-order valence-electron chi connectivity index (χ2n) is 6.15. The zero-order valence-corrected chi connectivity index (χ0v) is 17.9. The number of methoxy groups -OCH3 is 1. The van der Waals surface area contributed by atoms with Crippen LogP contribution in [0.3, 0.4) is 0 Å². The number of imide groups is 1. The highest BCUT2D eigenvalue weighted by Crippen LogP contribution is 2.38. The monoisotopic (exact) mass is 446 g/mol. The average molecular weight is 447 g/mol. The highest BCUT2D eigenvalue weighted by atomic mass is 35.5. The van der Waals surface area contributed by atoms with Crippen molar-refractivity contribution in [3.8, 4) is 11.5 Å². The maximum absolute atomic E-state index is 12.7. The summed E-state index contributed by atoms with van der Waals surface area (Å²) >= 11 is 7.02. The van der Waals surface area contributed by atoms with E-state index in [1.54, 1.807) is 36.4 Å². The summed E-state index contributed by atoms with van der Waals surface area (Å²) < 4.78 is 10.8. The fourth-order valence-electron chi connectivity index (χ4n) is 2.76. The van der Waals surface area contributed by atoms with Crippen molar-refractivity contribution < 1.29 is 23.9 Å². The second kappa shape index (κ2) is 9.69. The lowest BCUT2D eigenvalue weighted by molar-refractivity contribution is -0.127. The van der Waals surface area contributed by atoms with Crippen molar-refractivity contribution in [1.29, 1.82) is 0 Å². The SMILES string of the molecule is CCOc1c(Cl)cc(/C=C2\SC(=O)N(CC(=O)Nc3ccccc3)C2=O)cc1OC. The first-order valence-corrected chi connectivity index (χ1v) is 10.2. The molecule has 1 heterocycles. The predicted octanol–water partition coefficient (Wildman–Crippen LogP) is 4.42. The topological polar surface area (TPSA) is 84.9 Å². The third-order valence-electron chi connectivity index (χ3n) is 4.07. The van der Waals surface area contributed by atoms with Gasteiger partial charge in [-0.3, -0.25) is 19.3 Å². The van der Waals surface area contributed by atoms with Crippen molar-refractivity contribution in [2.45, 2.75) is 6.92 Å². The molecule has 156 valence electrons. The lowest BCUT2D eigenvalue weighted by Gasteiger charge is -2.13. The molecule has 1 fully saturated rings. The van der Waals surface area contributed by atoms with Crippen LogP contribution in [0, 0.1) is 0 Å². The zero-order valence-electron chi connectivity index (χ0n) is 16.3. The third-order valence-corrected chi connectivity index (χ3v) is 5.26. The van der Waals surface area contributed by atoms with E-state index in [0.717, 1.165) is 16.7 Å². The summed E-state index contributed by atoms with van der Waals surface area (Å²) in [7, 11) is 1.48. The number of carbonyl (C=O) groups excluding carboxylic acids is 3. The summed E-state index contributed by atoms with van der Waals surface area (Å²) in [6, 6.07) is 12.1. The number of rotatable bonds is 7. The minimum Gasteiger partial charge on any atom is -0.493 e. The molecule has 30 heavy (non-hydrogen) atoms. The maximum atomic E-state index is 12.7. The first-order chi connectivity index (χ1) is 14.4. The van der Waals surface area contributed by atoms with Gasteiger partial charge in [0.05, 0.1) is 23.6 Å². The minimum atomic E-state index is -0.544. The standard InChI is InChI=1S/C21H19ClN2O5S/c1-3-29-19-15(22)9-13(10-16(19)28-2)11-17-20(26)24(21(27)30-17)12-18(25)23-14-7-5-4-6-8-14/h4-11H,3,12H2,1-2H3,(H,23,25)/b17-11-. The van der Waals surface area contributed by atoms with Crippen molar-refractivity contribution in [2.24, 2.45) is 0 Å². The number of para-hydroxylation sites is 1. The number of thioether (sulfide) groups is 1. The Balaban J connectivity index is 1.76. The van der Waals surface area contributed by atoms with E-state index in [2.05, 4.69) is 5.32 Å². The van der Waals surface area contributed by atoms with Gasteiger partial charge in [-0.2, -0.15) is 0 Å². The van der Waals surface area contributed by atoms with Gasteiger partial charge < -0.3 is 14.8 Å². The van der Waals surface area contributed by atoms with Crippen molar-refractivity contribution in [3.63, 3.8) is 0 Å². The van der Waals surface area contributed by atoms with Crippen molar-refractivity contribution in [2.75, 3.05) is 25.6 Å². The molecule has 1 saturated heterocycles. The highest BCUT2D eigenvalue weighted by Gasteiger charge is 2.36. The van der Waals surface area contributed by atoms with Crippen LogP contribution in [0.2, 0.25) is 5.02 Å². The molecule has 1 N–H and O–H groups in total. The second-order valence-corrected chi connectivity index (χ2v) is 7.55. The lowest BCUT2D eigenvalue weighted by Crippen LogP contribution is -2.36. The predicted molar refractivity (Wildman–Crippen MR) is 117 cm³/mol. The van der Waals surface area contributed by atoms with Gasteiger partial charge in [-0.15, -0.1) is 0 Å². The largest absolute Gasteiger partial charge is 0.493 e. The smallest absolute Gasteiger partial charge is 0.294 e. The number of halogens is 1. The fourth-order valence-corrected chi connectivity index (χ4v) is 3.87. The average Bonchev–Trinajstić information content (AvgIpc) is 2.98. The molecule has 0 spiro atoms. The van der Waals surface area contributed by atoms with Crippen molar-refractivity contribution in [3.05, 3.63) is 58.0 Å². The number of nitrogens with one attached hydrogen (secondary N) is 1. The molecule has 0 unspecified atom stereocenters. The van der Waals surface area contributed by atoms with Crippen molar-refractivity contribution in [1.82, 2.24) is 4.90 Å². The molecule has 3 rings (SSSR count). The number of benzene rings is 2. The first kappa shape index (κ1) is 21.7. The van der Waals surface area contributed by atoms with Crippen LogP contribution in [0.25, 0.3) is 6.08 Å². The van der Waals surface area contributed by atoms with Crippen LogP contribution < -0.4 is 14.8 Å². The van der Waals surface area contributed by atoms with E-state index in [1.807, 2.05) is 13.0 Å². The van der Waals surface area contributed by atoms with Crippen LogP contribution in [0.15, 0.2) is 47.4 Å². The van der Waals surface area contributed by atoms with E-state index in [1.165, 1.54) is 13.2 Å². The highest BCUT2D eigenvalue weighted by molar-refractivity contribution is 8.18. The van der Waals surface area contributed by atoms with Gasteiger partial charge in [0.2, 0.25) is 5.91 Å². The number of hydrogen-bond donors (Lipinski definition) is 1. The van der Waals surface area contributed by atoms with E-state index in [0.29, 0.717) is 34.4 Å². The van der Waals surface area contributed by atoms with E-state index in [9.17, 15) is 14.4 Å². The van der Waals surface area contributed by atoms with Gasteiger partial charge in [-0.25, -0.2) is 0 Å². The first-order valence-electron chi connectivity index (χ1n) is 9.03. The van der Waals surface area contributed by atoms with Gasteiger partial charge >= 0.3 is 0 Å². The van der Waals surface area contributed by atoms with E-state index in [4.69, 9.17) is 21.1 Å². The number of nitrogens with zero attached hydrogens (tertiary/aromatic N) is 1. The molecule has 3 amide bonds.